The molecule has 1 amide bonds. The number of thiazole rings is 1. The lowest BCUT2D eigenvalue weighted by atomic mass is 10.1. The number of anilines is 1. The lowest BCUT2D eigenvalue weighted by molar-refractivity contribution is -0.119. The van der Waals surface area contributed by atoms with Gasteiger partial charge in [-0.3, -0.25) is 14.2 Å². The summed E-state index contributed by atoms with van der Waals surface area (Å²) in [6, 6.07) is 16.0. The molecule has 1 aromatic heterocycles. The Labute approximate surface area is 144 Å². The molecule has 0 N–H and O–H groups in total. The van der Waals surface area contributed by atoms with E-state index in [9.17, 15) is 9.59 Å². The molecule has 2 aromatic carbocycles. The molecule has 1 atom stereocenters. The molecule has 1 aliphatic rings. The highest BCUT2D eigenvalue weighted by Crippen LogP contribution is 2.32. The highest BCUT2D eigenvalue weighted by Gasteiger charge is 2.30. The summed E-state index contributed by atoms with van der Waals surface area (Å²) in [5, 5.41) is 0. The molecule has 0 unspecified atom stereocenters. The first kappa shape index (κ1) is 15.1. The maximum atomic E-state index is 12.8. The number of para-hydroxylation sites is 2. The largest absolute Gasteiger partial charge is 0.309 e. The Kier molecular flexibility index (Phi) is 3.73. The van der Waals surface area contributed by atoms with Crippen LogP contribution in [-0.2, 0) is 17.8 Å². The minimum Gasteiger partial charge on any atom is -0.309 e. The number of amides is 1. The van der Waals surface area contributed by atoms with Gasteiger partial charge in [0, 0.05) is 24.7 Å². The number of benzene rings is 2. The third-order valence-corrected chi connectivity index (χ3v) is 5.56. The van der Waals surface area contributed by atoms with Crippen LogP contribution < -0.4 is 9.77 Å². The lowest BCUT2D eigenvalue weighted by Gasteiger charge is -2.22. The molecule has 0 spiro atoms. The molecule has 4 rings (SSSR count). The van der Waals surface area contributed by atoms with E-state index in [2.05, 4.69) is 13.0 Å². The van der Waals surface area contributed by atoms with Crippen molar-refractivity contribution in [1.82, 2.24) is 4.57 Å². The third-order valence-electron chi connectivity index (χ3n) is 4.60. The van der Waals surface area contributed by atoms with Crippen molar-refractivity contribution in [2.75, 3.05) is 4.90 Å². The van der Waals surface area contributed by atoms with Gasteiger partial charge < -0.3 is 4.90 Å². The Morgan fingerprint density at radius 3 is 2.79 bits per heavy atom. The van der Waals surface area contributed by atoms with Crippen LogP contribution in [0.3, 0.4) is 0 Å². The van der Waals surface area contributed by atoms with Gasteiger partial charge in [-0.05, 0) is 37.1 Å². The number of carbonyl (C=O) groups excluding carboxylic acids is 1. The summed E-state index contributed by atoms with van der Waals surface area (Å²) in [7, 11) is 0. The van der Waals surface area contributed by atoms with Crippen LogP contribution in [0.4, 0.5) is 5.69 Å². The fourth-order valence-corrected chi connectivity index (χ4v) is 4.42. The first-order chi connectivity index (χ1) is 11.6. The SMILES string of the molecule is C[C@H]1Cc2ccccc2N1C(=O)CCn1c(=O)sc2ccccc21. The Morgan fingerprint density at radius 2 is 1.92 bits per heavy atom. The number of carbonyl (C=O) groups is 1. The van der Waals surface area contributed by atoms with Gasteiger partial charge in [-0.15, -0.1) is 0 Å². The first-order valence-corrected chi connectivity index (χ1v) is 8.95. The lowest BCUT2D eigenvalue weighted by Crippen LogP contribution is -2.36. The Bertz CT molecular complexity index is 973. The predicted octanol–water partition coefficient (Wildman–Crippen LogP) is 3.43. The fraction of sp³-hybridized carbons (Fsp3) is 0.263. The summed E-state index contributed by atoms with van der Waals surface area (Å²) in [5.41, 5.74) is 3.14. The van der Waals surface area contributed by atoms with Gasteiger partial charge in [0.25, 0.3) is 0 Å². The van der Waals surface area contributed by atoms with Gasteiger partial charge in [0.15, 0.2) is 0 Å². The Balaban J connectivity index is 1.57. The number of aryl methyl sites for hydroxylation is 1. The molecular formula is C19H18N2O2S. The van der Waals surface area contributed by atoms with Crippen molar-refractivity contribution in [3.63, 3.8) is 0 Å². The molecular weight excluding hydrogens is 320 g/mol. The molecule has 122 valence electrons. The normalized spacial score (nSPS) is 16.5. The van der Waals surface area contributed by atoms with Crippen molar-refractivity contribution in [2.45, 2.75) is 32.4 Å². The van der Waals surface area contributed by atoms with E-state index in [1.54, 1.807) is 4.57 Å². The fourth-order valence-electron chi connectivity index (χ4n) is 3.50. The molecule has 5 heteroatoms. The summed E-state index contributed by atoms with van der Waals surface area (Å²) in [6.07, 6.45) is 1.22. The number of aromatic nitrogens is 1. The summed E-state index contributed by atoms with van der Waals surface area (Å²) in [5.74, 6) is 0.0784. The number of hydrogen-bond acceptors (Lipinski definition) is 3. The van der Waals surface area contributed by atoms with Gasteiger partial charge in [0.2, 0.25) is 5.91 Å². The summed E-state index contributed by atoms with van der Waals surface area (Å²) in [4.78, 5) is 26.8. The molecule has 0 aliphatic carbocycles. The van der Waals surface area contributed by atoms with E-state index in [0.29, 0.717) is 13.0 Å². The van der Waals surface area contributed by atoms with E-state index < -0.39 is 0 Å². The van der Waals surface area contributed by atoms with E-state index in [4.69, 9.17) is 0 Å². The van der Waals surface area contributed by atoms with Crippen LogP contribution in [-0.4, -0.2) is 16.5 Å². The molecule has 3 aromatic rings. The second-order valence-electron chi connectivity index (χ2n) is 6.18. The van der Waals surface area contributed by atoms with Crippen LogP contribution in [0, 0.1) is 0 Å². The van der Waals surface area contributed by atoms with Crippen LogP contribution in [0.5, 0.6) is 0 Å². The van der Waals surface area contributed by atoms with Crippen LogP contribution >= 0.6 is 11.3 Å². The molecule has 4 nitrogen and oxygen atoms in total. The van der Waals surface area contributed by atoms with Gasteiger partial charge >= 0.3 is 4.87 Å². The topological polar surface area (TPSA) is 42.3 Å². The van der Waals surface area contributed by atoms with Crippen molar-refractivity contribution in [1.29, 1.82) is 0 Å². The van der Waals surface area contributed by atoms with E-state index in [0.717, 1.165) is 22.3 Å². The minimum atomic E-state index is -0.00105. The zero-order chi connectivity index (χ0) is 16.7. The molecule has 0 bridgehead atoms. The second kappa shape index (κ2) is 5.91. The van der Waals surface area contributed by atoms with Crippen molar-refractivity contribution >= 4 is 33.1 Å². The number of nitrogens with zero attached hydrogens (tertiary/aromatic N) is 2. The molecule has 0 saturated carbocycles. The monoisotopic (exact) mass is 338 g/mol. The van der Waals surface area contributed by atoms with Crippen LogP contribution in [0.2, 0.25) is 0 Å². The second-order valence-corrected chi connectivity index (χ2v) is 7.18. The van der Waals surface area contributed by atoms with Crippen molar-refractivity contribution < 1.29 is 4.79 Å². The summed E-state index contributed by atoms with van der Waals surface area (Å²) in [6.45, 7) is 2.50. The van der Waals surface area contributed by atoms with Crippen LogP contribution in [0.15, 0.2) is 53.3 Å². The highest BCUT2D eigenvalue weighted by molar-refractivity contribution is 7.16. The predicted molar refractivity (Wildman–Crippen MR) is 97.8 cm³/mol. The van der Waals surface area contributed by atoms with E-state index in [-0.39, 0.29) is 16.8 Å². The van der Waals surface area contributed by atoms with Gasteiger partial charge in [-0.1, -0.05) is 41.7 Å². The molecule has 24 heavy (non-hydrogen) atoms. The third kappa shape index (κ3) is 2.45. The number of hydrogen-bond donors (Lipinski definition) is 0. The zero-order valence-electron chi connectivity index (χ0n) is 13.4. The minimum absolute atomic E-state index is 0.00105. The van der Waals surface area contributed by atoms with Crippen LogP contribution in [0.1, 0.15) is 18.9 Å². The average molecular weight is 338 g/mol. The standard InChI is InChI=1S/C19H18N2O2S/c1-13-12-14-6-2-3-7-15(14)21(13)18(22)10-11-20-16-8-4-5-9-17(16)24-19(20)23/h2-9,13H,10-12H2,1H3/t13-/m0/s1. The molecule has 1 aliphatic heterocycles. The summed E-state index contributed by atoms with van der Waals surface area (Å²) >= 11 is 1.23. The smallest absolute Gasteiger partial charge is 0.308 e. The van der Waals surface area contributed by atoms with Crippen molar-refractivity contribution in [3.05, 3.63) is 63.8 Å². The van der Waals surface area contributed by atoms with E-state index >= 15 is 0 Å². The summed E-state index contributed by atoms with van der Waals surface area (Å²) < 4.78 is 2.68. The maximum Gasteiger partial charge on any atom is 0.308 e. The quantitative estimate of drug-likeness (QED) is 0.734. The number of rotatable bonds is 3. The average Bonchev–Trinajstić information content (AvgIpc) is 3.08. The molecule has 0 radical (unpaired) electrons. The van der Waals surface area contributed by atoms with Crippen molar-refractivity contribution in [2.24, 2.45) is 0 Å². The van der Waals surface area contributed by atoms with Gasteiger partial charge in [0.1, 0.15) is 0 Å². The highest BCUT2D eigenvalue weighted by atomic mass is 32.1. The molecule has 2 heterocycles. The van der Waals surface area contributed by atoms with E-state index in [1.807, 2.05) is 47.4 Å². The van der Waals surface area contributed by atoms with Crippen LogP contribution in [0.25, 0.3) is 10.2 Å². The van der Waals surface area contributed by atoms with Gasteiger partial charge in [-0.2, -0.15) is 0 Å². The van der Waals surface area contributed by atoms with Gasteiger partial charge in [0.05, 0.1) is 10.2 Å². The molecule has 0 fully saturated rings. The van der Waals surface area contributed by atoms with E-state index in [1.165, 1.54) is 16.9 Å². The number of fused-ring (bicyclic) bond motifs is 2. The zero-order valence-corrected chi connectivity index (χ0v) is 14.3. The first-order valence-electron chi connectivity index (χ1n) is 8.13. The van der Waals surface area contributed by atoms with Crippen molar-refractivity contribution in [3.8, 4) is 0 Å². The molecule has 0 saturated heterocycles. The maximum absolute atomic E-state index is 12.8. The van der Waals surface area contributed by atoms with Gasteiger partial charge in [-0.25, -0.2) is 0 Å². The Morgan fingerprint density at radius 1 is 1.17 bits per heavy atom. The Hall–Kier alpha value is -2.40.